The number of hydrogen-bond acceptors (Lipinski definition) is 2. The average molecular weight is 245 g/mol. The van der Waals surface area contributed by atoms with Crippen LogP contribution in [0.4, 0.5) is 0 Å². The molecule has 2 nitrogen and oxygen atoms in total. The van der Waals surface area contributed by atoms with Crippen molar-refractivity contribution >= 4 is 0 Å². The molecule has 0 fully saturated rings. The van der Waals surface area contributed by atoms with Crippen molar-refractivity contribution in [2.45, 2.75) is 0 Å². The first-order chi connectivity index (χ1) is 6.00. The maximum Gasteiger partial charge on any atom is 0 e. The van der Waals surface area contributed by atoms with Crippen molar-refractivity contribution in [3.63, 3.8) is 0 Å². The third kappa shape index (κ3) is 12.8. The van der Waals surface area contributed by atoms with Gasteiger partial charge in [-0.05, 0) is 0 Å². The molecule has 15 heavy (non-hydrogen) atoms. The zero-order valence-corrected chi connectivity index (χ0v) is 9.82. The van der Waals surface area contributed by atoms with Crippen LogP contribution in [0.5, 0.6) is 0 Å². The Morgan fingerprint density at radius 3 is 1.13 bits per heavy atom. The van der Waals surface area contributed by atoms with Gasteiger partial charge in [-0.25, -0.2) is 0 Å². The SMILES string of the molecule is [CH3-].[CH3-].[Ni].[c-]1ccccn1.[c-]1ccccn1. The Labute approximate surface area is 103 Å². The van der Waals surface area contributed by atoms with Crippen molar-refractivity contribution in [2.24, 2.45) is 0 Å². The summed E-state index contributed by atoms with van der Waals surface area (Å²) in [4.78, 5) is 7.32. The molecule has 2 aromatic rings. The Morgan fingerprint density at radius 2 is 1.07 bits per heavy atom. The average Bonchev–Trinajstić information content (AvgIpc) is 2.24. The Balaban J connectivity index is -0.000000160. The largest absolute Gasteiger partial charge is 0.394 e. The van der Waals surface area contributed by atoms with Gasteiger partial charge < -0.3 is 24.8 Å². The second-order valence-corrected chi connectivity index (χ2v) is 1.92. The third-order valence-electron chi connectivity index (χ3n) is 1.03. The summed E-state index contributed by atoms with van der Waals surface area (Å²) in [6.07, 6.45) is 8.67. The smallest absolute Gasteiger partial charge is 0 e. The van der Waals surface area contributed by atoms with Gasteiger partial charge in [-0.3, -0.25) is 0 Å². The fourth-order valence-corrected chi connectivity index (χ4v) is 0.555. The molecule has 0 saturated carbocycles. The van der Waals surface area contributed by atoms with Crippen molar-refractivity contribution in [1.29, 1.82) is 0 Å². The van der Waals surface area contributed by atoms with Gasteiger partial charge in [-0.1, -0.05) is 24.8 Å². The molecule has 0 spiro atoms. The molecule has 2 aromatic heterocycles. The van der Waals surface area contributed by atoms with Crippen LogP contribution in [-0.4, -0.2) is 9.97 Å². The quantitative estimate of drug-likeness (QED) is 0.526. The van der Waals surface area contributed by atoms with E-state index in [0.717, 1.165) is 0 Å². The number of nitrogens with zero attached hydrogens (tertiary/aromatic N) is 2. The third-order valence-corrected chi connectivity index (χ3v) is 1.03. The first kappa shape index (κ1) is 19.4. The van der Waals surface area contributed by atoms with Crippen LogP contribution < -0.4 is 0 Å². The zero-order valence-electron chi connectivity index (χ0n) is 8.83. The Hall–Kier alpha value is -1.21. The molecular formula is C12H14N2Ni-4. The van der Waals surface area contributed by atoms with Gasteiger partial charge in [0.1, 0.15) is 0 Å². The molecule has 0 aliphatic rings. The molecule has 0 atom stereocenters. The van der Waals surface area contributed by atoms with E-state index in [1.807, 2.05) is 24.3 Å². The van der Waals surface area contributed by atoms with E-state index in [0.29, 0.717) is 0 Å². The summed E-state index contributed by atoms with van der Waals surface area (Å²) in [7, 11) is 0. The zero-order chi connectivity index (χ0) is 8.49. The van der Waals surface area contributed by atoms with E-state index in [1.165, 1.54) is 0 Å². The van der Waals surface area contributed by atoms with Crippen LogP contribution in [0, 0.1) is 27.2 Å². The summed E-state index contributed by atoms with van der Waals surface area (Å²) < 4.78 is 0. The molecule has 0 N–H and O–H groups in total. The molecule has 86 valence electrons. The fourth-order valence-electron chi connectivity index (χ4n) is 0.555. The molecule has 0 amide bonds. The second-order valence-electron chi connectivity index (χ2n) is 1.92. The predicted molar refractivity (Wildman–Crippen MR) is 59.0 cm³/mol. The summed E-state index contributed by atoms with van der Waals surface area (Å²) >= 11 is 0. The van der Waals surface area contributed by atoms with Crippen LogP contribution in [0.3, 0.4) is 0 Å². The van der Waals surface area contributed by atoms with E-state index < -0.39 is 0 Å². The van der Waals surface area contributed by atoms with E-state index >= 15 is 0 Å². The van der Waals surface area contributed by atoms with Crippen molar-refractivity contribution in [1.82, 2.24) is 9.97 Å². The molecule has 0 unspecified atom stereocenters. The predicted octanol–water partition coefficient (Wildman–Crippen LogP) is 2.66. The summed E-state index contributed by atoms with van der Waals surface area (Å²) in [6, 6.07) is 11.0. The molecule has 0 saturated heterocycles. The summed E-state index contributed by atoms with van der Waals surface area (Å²) in [5.41, 5.74) is 0. The van der Waals surface area contributed by atoms with Crippen molar-refractivity contribution < 1.29 is 16.5 Å². The van der Waals surface area contributed by atoms with Crippen LogP contribution >= 0.6 is 0 Å². The molecule has 0 bridgehead atoms. The molecule has 0 aliphatic heterocycles. The number of hydrogen-bond donors (Lipinski definition) is 0. The maximum absolute atomic E-state index is 3.66. The minimum absolute atomic E-state index is 0. The number of aromatic nitrogens is 2. The first-order valence-corrected chi connectivity index (χ1v) is 3.54. The first-order valence-electron chi connectivity index (χ1n) is 3.54. The summed E-state index contributed by atoms with van der Waals surface area (Å²) in [5, 5.41) is 0. The normalized spacial score (nSPS) is 6.40. The molecule has 3 heteroatoms. The van der Waals surface area contributed by atoms with E-state index in [-0.39, 0.29) is 31.3 Å². The minimum Gasteiger partial charge on any atom is -0.394 e. The van der Waals surface area contributed by atoms with Crippen molar-refractivity contribution in [3.8, 4) is 0 Å². The molecule has 2 heterocycles. The van der Waals surface area contributed by atoms with Gasteiger partial charge in [0, 0.05) is 16.5 Å². The Morgan fingerprint density at radius 1 is 0.667 bits per heavy atom. The van der Waals surface area contributed by atoms with Gasteiger partial charge in [-0.2, -0.15) is 36.4 Å². The van der Waals surface area contributed by atoms with E-state index in [4.69, 9.17) is 0 Å². The number of rotatable bonds is 0. The minimum atomic E-state index is 0. The van der Waals surface area contributed by atoms with Crippen molar-refractivity contribution in [3.05, 3.63) is 76.0 Å². The maximum atomic E-state index is 3.66. The van der Waals surface area contributed by atoms with E-state index in [9.17, 15) is 0 Å². The monoisotopic (exact) mass is 244 g/mol. The van der Waals surface area contributed by atoms with Gasteiger partial charge in [0.25, 0.3) is 0 Å². The summed E-state index contributed by atoms with van der Waals surface area (Å²) in [6.45, 7) is 0. The van der Waals surface area contributed by atoms with Crippen LogP contribution in [-0.2, 0) is 16.5 Å². The fraction of sp³-hybridized carbons (Fsp3) is 0. The molecular weight excluding hydrogens is 231 g/mol. The Kier molecular flexibility index (Phi) is 19.7. The van der Waals surface area contributed by atoms with E-state index in [1.54, 1.807) is 24.5 Å². The Bertz CT molecular complexity index is 189. The second kappa shape index (κ2) is 15.3. The van der Waals surface area contributed by atoms with Gasteiger partial charge in [0.05, 0.1) is 0 Å². The number of pyridine rings is 2. The van der Waals surface area contributed by atoms with Crippen LogP contribution in [0.15, 0.2) is 48.8 Å². The van der Waals surface area contributed by atoms with E-state index in [2.05, 4.69) is 22.4 Å². The molecule has 0 aromatic carbocycles. The molecule has 0 radical (unpaired) electrons. The van der Waals surface area contributed by atoms with Crippen LogP contribution in [0.1, 0.15) is 0 Å². The topological polar surface area (TPSA) is 25.8 Å². The van der Waals surface area contributed by atoms with Crippen LogP contribution in [0.2, 0.25) is 0 Å². The molecule has 2 rings (SSSR count). The summed E-state index contributed by atoms with van der Waals surface area (Å²) in [5.74, 6) is 0. The van der Waals surface area contributed by atoms with Gasteiger partial charge in [0.15, 0.2) is 0 Å². The van der Waals surface area contributed by atoms with Crippen LogP contribution in [0.25, 0.3) is 0 Å². The molecule has 0 aliphatic carbocycles. The standard InChI is InChI=1S/2C5H4N.2CH3.Ni/c2*1-2-4-6-5-3-1;;;/h2*1-4H;2*1H3;/q4*-1;. The van der Waals surface area contributed by atoms with Gasteiger partial charge in [-0.15, -0.1) is 0 Å². The van der Waals surface area contributed by atoms with Crippen molar-refractivity contribution in [2.75, 3.05) is 0 Å². The van der Waals surface area contributed by atoms with Gasteiger partial charge >= 0.3 is 0 Å². The van der Waals surface area contributed by atoms with Gasteiger partial charge in [0.2, 0.25) is 0 Å².